The number of aliphatic hydroxyl groups excluding tert-OH is 1. The summed E-state index contributed by atoms with van der Waals surface area (Å²) in [6.07, 6.45) is -1.35. The summed E-state index contributed by atoms with van der Waals surface area (Å²) in [7, 11) is 0. The van der Waals surface area contributed by atoms with Gasteiger partial charge in [-0.25, -0.2) is 4.79 Å². The van der Waals surface area contributed by atoms with Crippen LogP contribution in [0, 0.1) is 11.8 Å². The molecule has 1 aliphatic heterocycles. The fraction of sp³-hybridized carbons (Fsp3) is 0.556. The number of hydrogen-bond acceptors (Lipinski definition) is 6. The van der Waals surface area contributed by atoms with Gasteiger partial charge in [0.2, 0.25) is 0 Å². The molecule has 1 aromatic carbocycles. The molecule has 1 aliphatic rings. The van der Waals surface area contributed by atoms with Crippen molar-refractivity contribution in [3.8, 4) is 0 Å². The van der Waals surface area contributed by atoms with E-state index in [0.717, 1.165) is 0 Å². The Kier molecular flexibility index (Phi) is 6.34. The third-order valence-electron chi connectivity index (χ3n) is 4.44. The maximum Gasteiger partial charge on any atom is 0.338 e. The van der Waals surface area contributed by atoms with Crippen molar-refractivity contribution in [1.82, 2.24) is 0 Å². The van der Waals surface area contributed by atoms with E-state index in [9.17, 15) is 14.7 Å². The monoisotopic (exact) mass is 336 g/mol. The first-order valence-corrected chi connectivity index (χ1v) is 8.09. The third kappa shape index (κ3) is 4.33. The highest BCUT2D eigenvalue weighted by atomic mass is 16.6. The van der Waals surface area contributed by atoms with Gasteiger partial charge in [-0.3, -0.25) is 4.79 Å². The van der Waals surface area contributed by atoms with Gasteiger partial charge in [0.05, 0.1) is 24.4 Å². The summed E-state index contributed by atoms with van der Waals surface area (Å²) in [5, 5.41) is 9.54. The lowest BCUT2D eigenvalue weighted by molar-refractivity contribution is -0.193. The molecular formula is C18H24O6. The number of carbonyl (C=O) groups excluding carboxylic acids is 2. The molecule has 132 valence electrons. The molecule has 24 heavy (non-hydrogen) atoms. The molecule has 0 radical (unpaired) electrons. The standard InChI is InChI=1S/C18H24O6/c1-11-15(9-19)23-16(10-22-13(3)20)12(2)17(11)24-18(21)14-7-5-4-6-8-14/h4-8,11-12,15-17,19H,9-10H2,1-3H3/t11-,12+,15+,16-,17-/m1/s1. The van der Waals surface area contributed by atoms with E-state index in [2.05, 4.69) is 0 Å². The highest BCUT2D eigenvalue weighted by Gasteiger charge is 2.43. The van der Waals surface area contributed by atoms with E-state index < -0.39 is 30.3 Å². The maximum atomic E-state index is 12.4. The second kappa shape index (κ2) is 8.26. The van der Waals surface area contributed by atoms with Crippen LogP contribution in [0.3, 0.4) is 0 Å². The molecule has 1 aromatic rings. The van der Waals surface area contributed by atoms with Crippen LogP contribution in [0.4, 0.5) is 0 Å². The molecule has 0 aromatic heterocycles. The Labute approximate surface area is 141 Å². The zero-order valence-corrected chi connectivity index (χ0v) is 14.2. The van der Waals surface area contributed by atoms with Crippen LogP contribution in [-0.4, -0.2) is 48.6 Å². The predicted molar refractivity (Wildman–Crippen MR) is 86.4 cm³/mol. The predicted octanol–water partition coefficient (Wildman–Crippen LogP) is 1.81. The van der Waals surface area contributed by atoms with Gasteiger partial charge in [-0.15, -0.1) is 0 Å². The van der Waals surface area contributed by atoms with E-state index in [1.807, 2.05) is 19.9 Å². The minimum atomic E-state index is -0.477. The van der Waals surface area contributed by atoms with E-state index >= 15 is 0 Å². The van der Waals surface area contributed by atoms with Gasteiger partial charge in [-0.1, -0.05) is 32.0 Å². The van der Waals surface area contributed by atoms with Crippen molar-refractivity contribution in [1.29, 1.82) is 0 Å². The summed E-state index contributed by atoms with van der Waals surface area (Å²) in [5.41, 5.74) is 0.473. The number of ether oxygens (including phenoxy) is 3. The summed E-state index contributed by atoms with van der Waals surface area (Å²) >= 11 is 0. The molecule has 2 rings (SSSR count). The fourth-order valence-corrected chi connectivity index (χ4v) is 2.95. The lowest BCUT2D eigenvalue weighted by Crippen LogP contribution is -2.53. The van der Waals surface area contributed by atoms with Crippen LogP contribution in [-0.2, 0) is 19.0 Å². The van der Waals surface area contributed by atoms with E-state index in [0.29, 0.717) is 5.56 Å². The number of hydrogen-bond donors (Lipinski definition) is 1. The Morgan fingerprint density at radius 1 is 1.12 bits per heavy atom. The molecule has 0 bridgehead atoms. The zero-order chi connectivity index (χ0) is 17.7. The van der Waals surface area contributed by atoms with Crippen molar-refractivity contribution >= 4 is 11.9 Å². The van der Waals surface area contributed by atoms with Crippen LogP contribution in [0.25, 0.3) is 0 Å². The van der Waals surface area contributed by atoms with Crippen LogP contribution in [0.1, 0.15) is 31.1 Å². The van der Waals surface area contributed by atoms with Crippen LogP contribution in [0.15, 0.2) is 30.3 Å². The number of carbonyl (C=O) groups is 2. The van der Waals surface area contributed by atoms with Gasteiger partial charge in [-0.2, -0.15) is 0 Å². The van der Waals surface area contributed by atoms with Crippen LogP contribution < -0.4 is 0 Å². The molecule has 1 N–H and O–H groups in total. The molecule has 0 unspecified atom stereocenters. The first kappa shape index (κ1) is 18.4. The van der Waals surface area contributed by atoms with Gasteiger partial charge in [0.25, 0.3) is 0 Å². The molecule has 0 aliphatic carbocycles. The lowest BCUT2D eigenvalue weighted by Gasteiger charge is -2.43. The van der Waals surface area contributed by atoms with Crippen LogP contribution in [0.2, 0.25) is 0 Å². The summed E-state index contributed by atoms with van der Waals surface area (Å²) in [6.45, 7) is 4.97. The second-order valence-corrected chi connectivity index (χ2v) is 6.15. The zero-order valence-electron chi connectivity index (χ0n) is 14.2. The maximum absolute atomic E-state index is 12.4. The molecule has 6 nitrogen and oxygen atoms in total. The molecule has 0 spiro atoms. The summed E-state index contributed by atoms with van der Waals surface area (Å²) in [4.78, 5) is 23.4. The average Bonchev–Trinajstić information content (AvgIpc) is 2.58. The van der Waals surface area contributed by atoms with E-state index in [4.69, 9.17) is 14.2 Å². The van der Waals surface area contributed by atoms with Crippen molar-refractivity contribution in [3.63, 3.8) is 0 Å². The van der Waals surface area contributed by atoms with Gasteiger partial charge in [0.1, 0.15) is 12.7 Å². The average molecular weight is 336 g/mol. The van der Waals surface area contributed by atoms with Crippen LogP contribution in [0.5, 0.6) is 0 Å². The lowest BCUT2D eigenvalue weighted by atomic mass is 9.83. The fourth-order valence-electron chi connectivity index (χ4n) is 2.95. The van der Waals surface area contributed by atoms with E-state index in [1.165, 1.54) is 6.92 Å². The van der Waals surface area contributed by atoms with Crippen LogP contribution >= 0.6 is 0 Å². The summed E-state index contributed by atoms with van der Waals surface area (Å²) in [5.74, 6) is -1.16. The van der Waals surface area contributed by atoms with Gasteiger partial charge in [0.15, 0.2) is 0 Å². The Balaban J connectivity index is 2.12. The SMILES string of the molecule is CC(=O)OC[C@H]1O[C@@H](CO)[C@@H](C)[C@@H](OC(=O)c2ccccc2)[C@H]1C. The van der Waals surface area contributed by atoms with Crippen molar-refractivity contribution in [2.75, 3.05) is 13.2 Å². The molecule has 1 saturated heterocycles. The summed E-state index contributed by atoms with van der Waals surface area (Å²) < 4.78 is 16.5. The number of aliphatic hydroxyl groups is 1. The normalized spacial score (nSPS) is 29.8. The number of rotatable bonds is 5. The van der Waals surface area contributed by atoms with Gasteiger partial charge in [0, 0.05) is 18.8 Å². The largest absolute Gasteiger partial charge is 0.463 e. The Bertz CT molecular complexity index is 558. The Hall–Kier alpha value is -1.92. The second-order valence-electron chi connectivity index (χ2n) is 6.15. The highest BCUT2D eigenvalue weighted by molar-refractivity contribution is 5.89. The van der Waals surface area contributed by atoms with E-state index in [-0.39, 0.29) is 25.0 Å². The number of benzene rings is 1. The molecular weight excluding hydrogens is 312 g/mol. The Morgan fingerprint density at radius 2 is 1.75 bits per heavy atom. The first-order chi connectivity index (χ1) is 11.4. The minimum Gasteiger partial charge on any atom is -0.463 e. The topological polar surface area (TPSA) is 82.1 Å². The van der Waals surface area contributed by atoms with Crippen molar-refractivity contribution in [2.45, 2.75) is 39.1 Å². The molecule has 0 saturated carbocycles. The first-order valence-electron chi connectivity index (χ1n) is 8.09. The molecule has 1 fully saturated rings. The molecule has 0 amide bonds. The van der Waals surface area contributed by atoms with Gasteiger partial charge in [-0.05, 0) is 12.1 Å². The van der Waals surface area contributed by atoms with E-state index in [1.54, 1.807) is 24.3 Å². The van der Waals surface area contributed by atoms with Crippen molar-refractivity contribution in [3.05, 3.63) is 35.9 Å². The quantitative estimate of drug-likeness (QED) is 0.826. The molecule has 6 heteroatoms. The van der Waals surface area contributed by atoms with Gasteiger partial charge >= 0.3 is 11.9 Å². The third-order valence-corrected chi connectivity index (χ3v) is 4.44. The van der Waals surface area contributed by atoms with Crippen molar-refractivity contribution in [2.24, 2.45) is 11.8 Å². The summed E-state index contributed by atoms with van der Waals surface area (Å²) in [6, 6.07) is 8.75. The van der Waals surface area contributed by atoms with Crippen molar-refractivity contribution < 1.29 is 28.9 Å². The minimum absolute atomic E-state index is 0.0686. The highest BCUT2D eigenvalue weighted by Crippen LogP contribution is 2.33. The Morgan fingerprint density at radius 3 is 2.33 bits per heavy atom. The smallest absolute Gasteiger partial charge is 0.338 e. The molecule has 5 atom stereocenters. The molecule has 1 heterocycles. The van der Waals surface area contributed by atoms with Gasteiger partial charge < -0.3 is 19.3 Å². The number of esters is 2.